The topological polar surface area (TPSA) is 71.7 Å². The SMILES string of the molecule is N#CNC(=N)NC1CCCCCCCCCCCC1. The Morgan fingerprint density at radius 1 is 0.842 bits per heavy atom. The van der Waals surface area contributed by atoms with Gasteiger partial charge in [-0.1, -0.05) is 64.2 Å². The zero-order valence-corrected chi connectivity index (χ0v) is 12.0. The fourth-order valence-corrected chi connectivity index (χ4v) is 2.78. The van der Waals surface area contributed by atoms with E-state index in [4.69, 9.17) is 10.7 Å². The Morgan fingerprint density at radius 2 is 1.26 bits per heavy atom. The second-order valence-electron chi connectivity index (χ2n) is 5.57. The predicted molar refractivity (Wildman–Crippen MR) is 78.8 cm³/mol. The fraction of sp³-hybridized carbons (Fsp3) is 0.867. The fourth-order valence-electron chi connectivity index (χ4n) is 2.78. The lowest BCUT2D eigenvalue weighted by Gasteiger charge is -2.19. The average molecular weight is 264 g/mol. The Morgan fingerprint density at radius 3 is 1.68 bits per heavy atom. The van der Waals surface area contributed by atoms with Crippen LogP contribution in [0.2, 0.25) is 0 Å². The van der Waals surface area contributed by atoms with Gasteiger partial charge >= 0.3 is 0 Å². The van der Waals surface area contributed by atoms with Gasteiger partial charge in [-0.3, -0.25) is 10.7 Å². The van der Waals surface area contributed by atoms with E-state index in [1.807, 2.05) is 0 Å². The van der Waals surface area contributed by atoms with E-state index in [2.05, 4.69) is 10.6 Å². The van der Waals surface area contributed by atoms with Crippen LogP contribution in [-0.2, 0) is 0 Å². The van der Waals surface area contributed by atoms with Gasteiger partial charge < -0.3 is 5.32 Å². The first-order chi connectivity index (χ1) is 9.33. The minimum atomic E-state index is 0.150. The third-order valence-electron chi connectivity index (χ3n) is 3.88. The van der Waals surface area contributed by atoms with E-state index in [1.165, 1.54) is 64.2 Å². The Balaban J connectivity index is 2.33. The lowest BCUT2D eigenvalue weighted by atomic mass is 10.0. The molecule has 1 rings (SSSR count). The summed E-state index contributed by atoms with van der Waals surface area (Å²) in [5, 5.41) is 21.6. The maximum Gasteiger partial charge on any atom is 0.202 e. The van der Waals surface area contributed by atoms with Crippen LogP contribution in [-0.4, -0.2) is 12.0 Å². The van der Waals surface area contributed by atoms with Crippen molar-refractivity contribution in [1.82, 2.24) is 10.6 Å². The van der Waals surface area contributed by atoms with Crippen molar-refractivity contribution in [3.63, 3.8) is 0 Å². The number of nitrogens with one attached hydrogen (secondary N) is 3. The summed E-state index contributed by atoms with van der Waals surface area (Å²) in [6.45, 7) is 0. The molecule has 0 heterocycles. The van der Waals surface area contributed by atoms with Crippen molar-refractivity contribution in [3.8, 4) is 6.19 Å². The van der Waals surface area contributed by atoms with E-state index in [9.17, 15) is 0 Å². The van der Waals surface area contributed by atoms with Crippen molar-refractivity contribution < 1.29 is 0 Å². The minimum absolute atomic E-state index is 0.150. The first-order valence-corrected chi connectivity index (χ1v) is 7.83. The van der Waals surface area contributed by atoms with Crippen molar-refractivity contribution >= 4 is 5.96 Å². The van der Waals surface area contributed by atoms with Gasteiger partial charge in [0.05, 0.1) is 0 Å². The quantitative estimate of drug-likeness (QED) is 0.293. The zero-order chi connectivity index (χ0) is 13.8. The molecule has 0 amide bonds. The lowest BCUT2D eigenvalue weighted by molar-refractivity contribution is 0.462. The summed E-state index contributed by atoms with van der Waals surface area (Å²) in [5.74, 6) is 0.150. The molecule has 1 aliphatic rings. The van der Waals surface area contributed by atoms with Crippen LogP contribution in [0.1, 0.15) is 77.0 Å². The smallest absolute Gasteiger partial charge is 0.202 e. The van der Waals surface area contributed by atoms with Gasteiger partial charge in [0.15, 0.2) is 6.19 Å². The van der Waals surface area contributed by atoms with Gasteiger partial charge in [-0.05, 0) is 12.8 Å². The maximum atomic E-state index is 8.51. The molecular weight excluding hydrogens is 236 g/mol. The van der Waals surface area contributed by atoms with Gasteiger partial charge in [0.25, 0.3) is 0 Å². The maximum absolute atomic E-state index is 8.51. The van der Waals surface area contributed by atoms with Gasteiger partial charge in [0.2, 0.25) is 5.96 Å². The summed E-state index contributed by atoms with van der Waals surface area (Å²) in [5.41, 5.74) is 0. The molecule has 1 fully saturated rings. The lowest BCUT2D eigenvalue weighted by Crippen LogP contribution is -2.40. The van der Waals surface area contributed by atoms with Crippen LogP contribution in [0, 0.1) is 16.9 Å². The highest BCUT2D eigenvalue weighted by atomic mass is 15.1. The Hall–Kier alpha value is -1.24. The van der Waals surface area contributed by atoms with Crippen LogP contribution in [0.25, 0.3) is 0 Å². The second-order valence-corrected chi connectivity index (χ2v) is 5.57. The highest BCUT2D eigenvalue weighted by Crippen LogP contribution is 2.16. The third kappa shape index (κ3) is 8.47. The Kier molecular flexibility index (Phi) is 8.87. The van der Waals surface area contributed by atoms with Crippen LogP contribution in [0.5, 0.6) is 0 Å². The third-order valence-corrected chi connectivity index (χ3v) is 3.88. The van der Waals surface area contributed by atoms with Crippen molar-refractivity contribution in [2.45, 2.75) is 83.1 Å². The summed E-state index contributed by atoms with van der Waals surface area (Å²) in [7, 11) is 0. The summed E-state index contributed by atoms with van der Waals surface area (Å²) in [4.78, 5) is 0. The summed E-state index contributed by atoms with van der Waals surface area (Å²) >= 11 is 0. The monoisotopic (exact) mass is 264 g/mol. The number of nitrogens with zero attached hydrogens (tertiary/aromatic N) is 1. The molecular formula is C15H28N4. The van der Waals surface area contributed by atoms with E-state index < -0.39 is 0 Å². The van der Waals surface area contributed by atoms with Crippen molar-refractivity contribution in [1.29, 1.82) is 10.7 Å². The molecule has 4 nitrogen and oxygen atoms in total. The number of nitriles is 1. The second kappa shape index (κ2) is 10.7. The van der Waals surface area contributed by atoms with E-state index in [0.29, 0.717) is 6.04 Å². The predicted octanol–water partition coefficient (Wildman–Crippen LogP) is 3.64. The van der Waals surface area contributed by atoms with Crippen molar-refractivity contribution in [2.75, 3.05) is 0 Å². The standard InChI is InChI=1S/C15H28N4/c16-13-18-15(17)19-14-11-9-7-5-3-1-2-4-6-8-10-12-14/h14H,1-12H2,(H3,17,18,19). The molecule has 0 bridgehead atoms. The molecule has 0 atom stereocenters. The largest absolute Gasteiger partial charge is 0.353 e. The number of rotatable bonds is 1. The first kappa shape index (κ1) is 15.8. The highest BCUT2D eigenvalue weighted by molar-refractivity contribution is 5.78. The van der Waals surface area contributed by atoms with Crippen molar-refractivity contribution in [2.24, 2.45) is 0 Å². The van der Waals surface area contributed by atoms with E-state index in [-0.39, 0.29) is 5.96 Å². The minimum Gasteiger partial charge on any atom is -0.353 e. The van der Waals surface area contributed by atoms with Crippen molar-refractivity contribution in [3.05, 3.63) is 0 Å². The van der Waals surface area contributed by atoms with Crippen LogP contribution in [0.4, 0.5) is 0 Å². The molecule has 0 aliphatic heterocycles. The summed E-state index contributed by atoms with van der Waals surface area (Å²) in [6.07, 6.45) is 17.4. The summed E-state index contributed by atoms with van der Waals surface area (Å²) in [6, 6.07) is 0.356. The molecule has 1 aliphatic carbocycles. The van der Waals surface area contributed by atoms with Gasteiger partial charge in [-0.25, -0.2) is 0 Å². The molecule has 0 aromatic heterocycles. The number of hydrogen-bond donors (Lipinski definition) is 3. The molecule has 3 N–H and O–H groups in total. The molecule has 0 aromatic rings. The summed E-state index contributed by atoms with van der Waals surface area (Å²) < 4.78 is 0. The van der Waals surface area contributed by atoms with Crippen LogP contribution >= 0.6 is 0 Å². The highest BCUT2D eigenvalue weighted by Gasteiger charge is 2.10. The van der Waals surface area contributed by atoms with E-state index in [1.54, 1.807) is 6.19 Å². The van der Waals surface area contributed by atoms with Crippen LogP contribution in [0.15, 0.2) is 0 Å². The number of guanidine groups is 1. The van der Waals surface area contributed by atoms with Crippen LogP contribution < -0.4 is 10.6 Å². The average Bonchev–Trinajstić information content (AvgIpc) is 2.41. The molecule has 0 aromatic carbocycles. The van der Waals surface area contributed by atoms with Crippen LogP contribution in [0.3, 0.4) is 0 Å². The van der Waals surface area contributed by atoms with Gasteiger partial charge in [0.1, 0.15) is 0 Å². The molecule has 0 saturated heterocycles. The molecule has 19 heavy (non-hydrogen) atoms. The Labute approximate surface area is 117 Å². The van der Waals surface area contributed by atoms with E-state index >= 15 is 0 Å². The molecule has 108 valence electrons. The molecule has 0 spiro atoms. The molecule has 4 heteroatoms. The first-order valence-electron chi connectivity index (χ1n) is 7.83. The molecule has 0 radical (unpaired) electrons. The van der Waals surface area contributed by atoms with Gasteiger partial charge in [-0.2, -0.15) is 5.26 Å². The van der Waals surface area contributed by atoms with Gasteiger partial charge in [-0.15, -0.1) is 0 Å². The zero-order valence-electron chi connectivity index (χ0n) is 12.0. The van der Waals surface area contributed by atoms with Gasteiger partial charge in [0, 0.05) is 6.04 Å². The number of hydrogen-bond acceptors (Lipinski definition) is 2. The molecule has 1 saturated carbocycles. The molecule has 0 unspecified atom stereocenters. The normalized spacial score (nSPS) is 20.2. The Bertz CT molecular complexity index is 268. The van der Waals surface area contributed by atoms with E-state index in [0.717, 1.165) is 12.8 Å².